The van der Waals surface area contributed by atoms with Crippen molar-refractivity contribution in [3.05, 3.63) is 50.1 Å². The van der Waals surface area contributed by atoms with E-state index in [1.54, 1.807) is 7.11 Å². The number of nitrogens with one attached hydrogen (secondary N) is 1. The van der Waals surface area contributed by atoms with E-state index in [2.05, 4.69) is 31.3 Å². The number of benzene rings is 1. The molecule has 0 aliphatic carbocycles. The second-order valence-electron chi connectivity index (χ2n) is 4.66. The maximum atomic E-state index is 6.19. The summed E-state index contributed by atoms with van der Waals surface area (Å²) in [5.41, 5.74) is 2.25. The minimum atomic E-state index is 0.142. The van der Waals surface area contributed by atoms with Crippen molar-refractivity contribution in [3.63, 3.8) is 0 Å². The largest absolute Gasteiger partial charge is 0.497 e. The van der Waals surface area contributed by atoms with Crippen LogP contribution < -0.4 is 10.1 Å². The Morgan fingerprint density at radius 3 is 2.25 bits per heavy atom. The van der Waals surface area contributed by atoms with Crippen molar-refractivity contribution >= 4 is 34.5 Å². The molecule has 0 spiro atoms. The second-order valence-corrected chi connectivity index (χ2v) is 6.95. The molecule has 0 saturated heterocycles. The second kappa shape index (κ2) is 6.81. The molecule has 2 nitrogen and oxygen atoms in total. The van der Waals surface area contributed by atoms with Crippen LogP contribution in [0.25, 0.3) is 0 Å². The number of hydrogen-bond acceptors (Lipinski definition) is 3. The predicted molar refractivity (Wildman–Crippen MR) is 87.3 cm³/mol. The molecule has 2 atom stereocenters. The summed E-state index contributed by atoms with van der Waals surface area (Å²) in [6.07, 6.45) is 0. The number of rotatable bonds is 5. The van der Waals surface area contributed by atoms with Gasteiger partial charge in [-0.15, -0.1) is 11.3 Å². The molecule has 2 rings (SSSR count). The first-order valence-corrected chi connectivity index (χ1v) is 7.93. The van der Waals surface area contributed by atoms with Crippen LogP contribution in [0.15, 0.2) is 30.3 Å². The Balaban J connectivity index is 2.06. The molecule has 20 heavy (non-hydrogen) atoms. The van der Waals surface area contributed by atoms with Crippen LogP contribution >= 0.6 is 34.5 Å². The SMILES string of the molecule is COc1ccc([C@H](C)NC(C)c2cc(Cl)sc2Cl)cc1. The van der Waals surface area contributed by atoms with Gasteiger partial charge in [-0.25, -0.2) is 0 Å². The van der Waals surface area contributed by atoms with Gasteiger partial charge >= 0.3 is 0 Å². The Bertz CT molecular complexity index is 568. The zero-order valence-corrected chi connectivity index (χ0v) is 13.9. The van der Waals surface area contributed by atoms with Crippen molar-refractivity contribution in [1.82, 2.24) is 5.32 Å². The minimum Gasteiger partial charge on any atom is -0.497 e. The zero-order valence-electron chi connectivity index (χ0n) is 11.6. The van der Waals surface area contributed by atoms with E-state index in [0.717, 1.165) is 20.0 Å². The van der Waals surface area contributed by atoms with Crippen LogP contribution in [0.2, 0.25) is 8.67 Å². The first-order chi connectivity index (χ1) is 9.51. The molecule has 1 N–H and O–H groups in total. The van der Waals surface area contributed by atoms with Crippen molar-refractivity contribution in [2.75, 3.05) is 7.11 Å². The molecular weight excluding hydrogens is 313 g/mol. The average Bonchev–Trinajstić information content (AvgIpc) is 2.78. The van der Waals surface area contributed by atoms with Gasteiger partial charge in [-0.2, -0.15) is 0 Å². The summed E-state index contributed by atoms with van der Waals surface area (Å²) in [6.45, 7) is 4.21. The van der Waals surface area contributed by atoms with Crippen molar-refractivity contribution in [3.8, 4) is 5.75 Å². The topological polar surface area (TPSA) is 21.3 Å². The van der Waals surface area contributed by atoms with Gasteiger partial charge in [0.05, 0.1) is 15.8 Å². The first-order valence-electron chi connectivity index (χ1n) is 6.36. The molecule has 0 saturated carbocycles. The molecule has 1 heterocycles. The Kier molecular flexibility index (Phi) is 5.33. The molecule has 108 valence electrons. The Labute approximate surface area is 133 Å². The molecule has 0 fully saturated rings. The minimum absolute atomic E-state index is 0.142. The van der Waals surface area contributed by atoms with Gasteiger partial charge in [0.2, 0.25) is 0 Å². The highest BCUT2D eigenvalue weighted by Gasteiger charge is 2.16. The quantitative estimate of drug-likeness (QED) is 0.784. The monoisotopic (exact) mass is 329 g/mol. The third kappa shape index (κ3) is 3.67. The molecule has 0 bridgehead atoms. The van der Waals surface area contributed by atoms with Gasteiger partial charge < -0.3 is 10.1 Å². The number of methoxy groups -OCH3 is 1. The highest BCUT2D eigenvalue weighted by atomic mass is 35.5. The van der Waals surface area contributed by atoms with Crippen LogP contribution in [0.3, 0.4) is 0 Å². The molecule has 0 radical (unpaired) electrons. The summed E-state index contributed by atoms with van der Waals surface area (Å²) in [7, 11) is 1.67. The average molecular weight is 330 g/mol. The lowest BCUT2D eigenvalue weighted by Gasteiger charge is -2.20. The van der Waals surface area contributed by atoms with Crippen LogP contribution in [0, 0.1) is 0 Å². The van der Waals surface area contributed by atoms with Crippen LogP contribution in [-0.4, -0.2) is 7.11 Å². The number of hydrogen-bond donors (Lipinski definition) is 1. The van der Waals surface area contributed by atoms with E-state index in [4.69, 9.17) is 27.9 Å². The third-order valence-electron chi connectivity index (χ3n) is 3.27. The summed E-state index contributed by atoms with van der Waals surface area (Å²) >= 11 is 13.6. The van der Waals surface area contributed by atoms with Crippen molar-refractivity contribution in [1.29, 1.82) is 0 Å². The lowest BCUT2D eigenvalue weighted by Crippen LogP contribution is -2.22. The summed E-state index contributed by atoms with van der Waals surface area (Å²) in [5.74, 6) is 0.863. The third-order valence-corrected chi connectivity index (χ3v) is 4.78. The normalized spacial score (nSPS) is 14.1. The molecule has 0 aliphatic heterocycles. The van der Waals surface area contributed by atoms with E-state index < -0.39 is 0 Å². The summed E-state index contributed by atoms with van der Waals surface area (Å²) in [4.78, 5) is 0. The first kappa shape index (κ1) is 15.6. The van der Waals surface area contributed by atoms with Gasteiger partial charge in [0.15, 0.2) is 0 Å². The fourth-order valence-corrected chi connectivity index (χ4v) is 3.75. The van der Waals surface area contributed by atoms with Gasteiger partial charge in [-0.05, 0) is 43.2 Å². The van der Waals surface area contributed by atoms with E-state index in [-0.39, 0.29) is 12.1 Å². The van der Waals surface area contributed by atoms with Gasteiger partial charge in [0.25, 0.3) is 0 Å². The van der Waals surface area contributed by atoms with Crippen molar-refractivity contribution < 1.29 is 4.74 Å². The molecule has 1 unspecified atom stereocenters. The van der Waals surface area contributed by atoms with Crippen LogP contribution in [0.4, 0.5) is 0 Å². The van der Waals surface area contributed by atoms with Crippen LogP contribution in [0.5, 0.6) is 5.75 Å². The molecule has 0 amide bonds. The Morgan fingerprint density at radius 2 is 1.75 bits per heavy atom. The summed E-state index contributed by atoms with van der Waals surface area (Å²) < 4.78 is 6.63. The fourth-order valence-electron chi connectivity index (χ4n) is 2.10. The maximum Gasteiger partial charge on any atom is 0.118 e. The van der Waals surface area contributed by atoms with E-state index in [1.165, 1.54) is 16.9 Å². The molecule has 0 aliphatic rings. The van der Waals surface area contributed by atoms with Crippen LogP contribution in [0.1, 0.15) is 37.1 Å². The predicted octanol–water partition coefficient (Wildman–Crippen LogP) is 5.48. The molecule has 5 heteroatoms. The highest BCUT2D eigenvalue weighted by molar-refractivity contribution is 7.20. The van der Waals surface area contributed by atoms with Crippen molar-refractivity contribution in [2.45, 2.75) is 25.9 Å². The zero-order chi connectivity index (χ0) is 14.7. The molecule has 2 aromatic rings. The lowest BCUT2D eigenvalue weighted by atomic mass is 10.1. The van der Waals surface area contributed by atoms with E-state index in [0.29, 0.717) is 0 Å². The highest BCUT2D eigenvalue weighted by Crippen LogP contribution is 2.35. The number of halogens is 2. The van der Waals surface area contributed by atoms with E-state index >= 15 is 0 Å². The van der Waals surface area contributed by atoms with Gasteiger partial charge in [-0.1, -0.05) is 35.3 Å². The van der Waals surface area contributed by atoms with Gasteiger partial charge in [0.1, 0.15) is 5.75 Å². The maximum absolute atomic E-state index is 6.19. The van der Waals surface area contributed by atoms with Crippen molar-refractivity contribution in [2.24, 2.45) is 0 Å². The molecule has 1 aromatic carbocycles. The smallest absolute Gasteiger partial charge is 0.118 e. The standard InChI is InChI=1S/C15H17Cl2NOS/c1-9(11-4-6-12(19-3)7-5-11)18-10(2)13-8-14(16)20-15(13)17/h4-10,18H,1-3H3/t9-,10?/m0/s1. The van der Waals surface area contributed by atoms with Gasteiger partial charge in [0, 0.05) is 12.1 Å². The van der Waals surface area contributed by atoms with E-state index in [9.17, 15) is 0 Å². The Morgan fingerprint density at radius 1 is 1.10 bits per heavy atom. The molecule has 1 aromatic heterocycles. The van der Waals surface area contributed by atoms with E-state index in [1.807, 2.05) is 18.2 Å². The number of ether oxygens (including phenoxy) is 1. The lowest BCUT2D eigenvalue weighted by molar-refractivity contribution is 0.414. The van der Waals surface area contributed by atoms with Gasteiger partial charge in [-0.3, -0.25) is 0 Å². The molecular formula is C15H17Cl2NOS. The fraction of sp³-hybridized carbons (Fsp3) is 0.333. The van der Waals surface area contributed by atoms with Crippen LogP contribution in [-0.2, 0) is 0 Å². The summed E-state index contributed by atoms with van der Waals surface area (Å²) in [6, 6.07) is 10.3. The number of thiophene rings is 1. The Hall–Kier alpha value is -0.740. The summed E-state index contributed by atoms with van der Waals surface area (Å²) in [5, 5.41) is 3.53.